The molecule has 5 nitrogen and oxygen atoms in total. The van der Waals surface area contributed by atoms with Gasteiger partial charge in [0, 0.05) is 53.4 Å². The summed E-state index contributed by atoms with van der Waals surface area (Å²) in [4.78, 5) is 16.2. The summed E-state index contributed by atoms with van der Waals surface area (Å²) in [7, 11) is 3.67. The minimum atomic E-state index is 0.185. The van der Waals surface area contributed by atoms with Gasteiger partial charge in [-0.2, -0.15) is 0 Å². The van der Waals surface area contributed by atoms with Crippen molar-refractivity contribution in [2.45, 2.75) is 200 Å². The normalized spacial score (nSPS) is 11.9. The van der Waals surface area contributed by atoms with Crippen molar-refractivity contribution in [3.05, 3.63) is 24.3 Å². The molecule has 296 valence electrons. The van der Waals surface area contributed by atoms with E-state index in [2.05, 4.69) is 43.1 Å². The number of carbonyl (C=O) groups excluding carboxylic acids is 1. The van der Waals surface area contributed by atoms with Crippen molar-refractivity contribution in [3.8, 4) is 0 Å². The van der Waals surface area contributed by atoms with Gasteiger partial charge in [0.15, 0.2) is 0 Å². The van der Waals surface area contributed by atoms with E-state index < -0.39 is 0 Å². The molecule has 0 unspecified atom stereocenters. The fourth-order valence-electron chi connectivity index (χ4n) is 6.31. The van der Waals surface area contributed by atoms with Crippen LogP contribution in [0.25, 0.3) is 0 Å². The SMILES string of the molecule is CCCCCCCC/C=C/CCCCCCCCOCCN(CCOCCCCCCCC/C=C/CCCCCCCC)CCC(=O)N(C)C. The van der Waals surface area contributed by atoms with E-state index in [0.29, 0.717) is 6.42 Å². The molecule has 0 heterocycles. The first-order valence-corrected chi connectivity index (χ1v) is 22.0. The lowest BCUT2D eigenvalue weighted by Crippen LogP contribution is -2.35. The third kappa shape index (κ3) is 39.6. The molecule has 0 bridgehead atoms. The molecule has 0 spiro atoms. The van der Waals surface area contributed by atoms with Crippen LogP contribution in [0.3, 0.4) is 0 Å². The van der Waals surface area contributed by atoms with Crippen molar-refractivity contribution in [1.82, 2.24) is 9.80 Å². The molecule has 50 heavy (non-hydrogen) atoms. The average Bonchev–Trinajstić information content (AvgIpc) is 3.11. The first kappa shape index (κ1) is 48.8. The maximum Gasteiger partial charge on any atom is 0.223 e. The second-order valence-corrected chi connectivity index (χ2v) is 15.0. The third-order valence-corrected chi connectivity index (χ3v) is 9.85. The molecule has 0 radical (unpaired) electrons. The van der Waals surface area contributed by atoms with E-state index in [0.717, 1.165) is 58.9 Å². The smallest absolute Gasteiger partial charge is 0.223 e. The highest BCUT2D eigenvalue weighted by atomic mass is 16.5. The van der Waals surface area contributed by atoms with E-state index >= 15 is 0 Å². The fourth-order valence-corrected chi connectivity index (χ4v) is 6.31. The second-order valence-electron chi connectivity index (χ2n) is 15.0. The molecular formula is C45H88N2O3. The lowest BCUT2D eigenvalue weighted by atomic mass is 10.1. The van der Waals surface area contributed by atoms with Crippen molar-refractivity contribution < 1.29 is 14.3 Å². The molecular weight excluding hydrogens is 617 g/mol. The van der Waals surface area contributed by atoms with Gasteiger partial charge in [-0.25, -0.2) is 0 Å². The molecule has 1 amide bonds. The second kappa shape index (κ2) is 42.2. The minimum Gasteiger partial charge on any atom is -0.380 e. The molecule has 0 aromatic heterocycles. The van der Waals surface area contributed by atoms with Gasteiger partial charge in [-0.1, -0.05) is 154 Å². The van der Waals surface area contributed by atoms with Gasteiger partial charge < -0.3 is 14.4 Å². The standard InChI is InChI=1S/C45H88N2O3/c1-5-7-9-11-13-15-17-19-21-23-25-27-29-31-33-35-41-49-43-39-47(38-37-45(48)46(3)4)40-44-50-42-36-34-32-30-28-26-24-22-20-18-16-14-12-10-8-6-2/h19-22H,5-18,23-44H2,1-4H3/b21-19+,22-20+. The van der Waals surface area contributed by atoms with Crippen LogP contribution in [-0.2, 0) is 14.3 Å². The number of carbonyl (C=O) groups is 1. The van der Waals surface area contributed by atoms with E-state index in [4.69, 9.17) is 9.47 Å². The van der Waals surface area contributed by atoms with Crippen LogP contribution < -0.4 is 0 Å². The lowest BCUT2D eigenvalue weighted by Gasteiger charge is -2.23. The Balaban J connectivity index is 3.74. The Labute approximate surface area is 313 Å². The van der Waals surface area contributed by atoms with Crippen molar-refractivity contribution in [3.63, 3.8) is 0 Å². The van der Waals surface area contributed by atoms with Gasteiger partial charge >= 0.3 is 0 Å². The zero-order valence-electron chi connectivity index (χ0n) is 34.4. The highest BCUT2D eigenvalue weighted by Gasteiger charge is 2.10. The number of rotatable bonds is 41. The Morgan fingerprint density at radius 2 is 0.740 bits per heavy atom. The van der Waals surface area contributed by atoms with Crippen LogP contribution in [0.2, 0.25) is 0 Å². The molecule has 0 aromatic carbocycles. The minimum absolute atomic E-state index is 0.185. The number of nitrogens with zero attached hydrogens (tertiary/aromatic N) is 2. The number of hydrogen-bond donors (Lipinski definition) is 0. The molecule has 0 rings (SSSR count). The third-order valence-electron chi connectivity index (χ3n) is 9.85. The number of amides is 1. The molecule has 0 aliphatic rings. The van der Waals surface area contributed by atoms with Gasteiger partial charge in [-0.05, 0) is 64.2 Å². The molecule has 0 aliphatic carbocycles. The number of ether oxygens (including phenoxy) is 2. The number of allylic oxidation sites excluding steroid dienone is 4. The van der Waals surface area contributed by atoms with Crippen LogP contribution in [0.1, 0.15) is 200 Å². The Morgan fingerprint density at radius 3 is 1.08 bits per heavy atom. The van der Waals surface area contributed by atoms with E-state index in [1.54, 1.807) is 4.90 Å². The summed E-state index contributed by atoms with van der Waals surface area (Å²) >= 11 is 0. The Bertz CT molecular complexity index is 675. The van der Waals surface area contributed by atoms with Crippen LogP contribution in [0.5, 0.6) is 0 Å². The largest absolute Gasteiger partial charge is 0.380 e. The highest BCUT2D eigenvalue weighted by molar-refractivity contribution is 5.75. The topological polar surface area (TPSA) is 42.0 Å². The first-order chi connectivity index (χ1) is 24.6. The molecule has 0 saturated carbocycles. The van der Waals surface area contributed by atoms with Crippen molar-refractivity contribution in [2.75, 3.05) is 60.2 Å². The van der Waals surface area contributed by atoms with E-state index in [1.165, 1.54) is 167 Å². The highest BCUT2D eigenvalue weighted by Crippen LogP contribution is 2.12. The van der Waals surface area contributed by atoms with Gasteiger partial charge in [0.05, 0.1) is 13.2 Å². The summed E-state index contributed by atoms with van der Waals surface area (Å²) in [6.45, 7) is 10.2. The van der Waals surface area contributed by atoms with Crippen molar-refractivity contribution in [1.29, 1.82) is 0 Å². The van der Waals surface area contributed by atoms with Crippen molar-refractivity contribution >= 4 is 5.91 Å². The van der Waals surface area contributed by atoms with Crippen LogP contribution in [0.4, 0.5) is 0 Å². The van der Waals surface area contributed by atoms with E-state index in [9.17, 15) is 4.79 Å². The summed E-state index contributed by atoms with van der Waals surface area (Å²) in [5.74, 6) is 0.185. The quantitative estimate of drug-likeness (QED) is 0.0469. The molecule has 0 fully saturated rings. The van der Waals surface area contributed by atoms with Crippen LogP contribution in [-0.4, -0.2) is 75.9 Å². The van der Waals surface area contributed by atoms with Gasteiger partial charge in [0.25, 0.3) is 0 Å². The van der Waals surface area contributed by atoms with Crippen LogP contribution in [0, 0.1) is 0 Å². The van der Waals surface area contributed by atoms with Crippen LogP contribution >= 0.6 is 0 Å². The Kier molecular flexibility index (Phi) is 41.3. The van der Waals surface area contributed by atoms with Gasteiger partial charge in [0.2, 0.25) is 5.91 Å². The zero-order chi connectivity index (χ0) is 36.4. The predicted molar refractivity (Wildman–Crippen MR) is 220 cm³/mol. The lowest BCUT2D eigenvalue weighted by molar-refractivity contribution is -0.129. The molecule has 0 aromatic rings. The Morgan fingerprint density at radius 1 is 0.420 bits per heavy atom. The maximum absolute atomic E-state index is 12.2. The molecule has 0 saturated heterocycles. The Hall–Kier alpha value is -1.17. The van der Waals surface area contributed by atoms with Crippen molar-refractivity contribution in [2.24, 2.45) is 0 Å². The summed E-state index contributed by atoms with van der Waals surface area (Å²) in [5.41, 5.74) is 0. The summed E-state index contributed by atoms with van der Waals surface area (Å²) in [6, 6.07) is 0. The molecule has 0 atom stereocenters. The maximum atomic E-state index is 12.2. The number of hydrogen-bond acceptors (Lipinski definition) is 4. The fraction of sp³-hybridized carbons (Fsp3) is 0.889. The molecule has 5 heteroatoms. The van der Waals surface area contributed by atoms with Gasteiger partial charge in [0.1, 0.15) is 0 Å². The van der Waals surface area contributed by atoms with Gasteiger partial charge in [-0.3, -0.25) is 9.69 Å². The number of unbranched alkanes of at least 4 members (excludes halogenated alkanes) is 24. The van der Waals surface area contributed by atoms with Gasteiger partial charge in [-0.15, -0.1) is 0 Å². The van der Waals surface area contributed by atoms with Crippen LogP contribution in [0.15, 0.2) is 24.3 Å². The zero-order valence-corrected chi connectivity index (χ0v) is 34.4. The van der Waals surface area contributed by atoms with E-state index in [-0.39, 0.29) is 5.91 Å². The summed E-state index contributed by atoms with van der Waals surface area (Å²) in [5, 5.41) is 0. The molecule has 0 N–H and O–H groups in total. The van der Waals surface area contributed by atoms with E-state index in [1.807, 2.05) is 14.1 Å². The summed E-state index contributed by atoms with van der Waals surface area (Å²) in [6.07, 6.45) is 47.4. The molecule has 0 aliphatic heterocycles. The first-order valence-electron chi connectivity index (χ1n) is 22.0. The predicted octanol–water partition coefficient (Wildman–Crippen LogP) is 12.9. The average molecular weight is 705 g/mol. The summed E-state index contributed by atoms with van der Waals surface area (Å²) < 4.78 is 12.0. The monoisotopic (exact) mass is 705 g/mol.